The van der Waals surface area contributed by atoms with Gasteiger partial charge in [-0.1, -0.05) is 0 Å². The van der Waals surface area contributed by atoms with E-state index >= 15 is 0 Å². The van der Waals surface area contributed by atoms with Crippen LogP contribution in [0, 0.1) is 0 Å². The lowest BCUT2D eigenvalue weighted by Crippen LogP contribution is -2.37. The Bertz CT molecular complexity index is 632. The summed E-state index contributed by atoms with van der Waals surface area (Å²) in [5.74, 6) is -0.581. The lowest BCUT2D eigenvalue weighted by Gasteiger charge is -2.24. The third-order valence-corrected chi connectivity index (χ3v) is 3.54. The fourth-order valence-corrected chi connectivity index (χ4v) is 2.55. The molecule has 0 radical (unpaired) electrons. The molecular weight excluding hydrogens is 298 g/mol. The Morgan fingerprint density at radius 3 is 2.74 bits per heavy atom. The Morgan fingerprint density at radius 1 is 1.43 bits per heavy atom. The molecule has 1 aliphatic heterocycles. The van der Waals surface area contributed by atoms with Crippen LogP contribution in [0.3, 0.4) is 0 Å². The van der Waals surface area contributed by atoms with E-state index in [1.165, 1.54) is 17.0 Å². The first kappa shape index (κ1) is 17.0. The minimum Gasteiger partial charge on any atom is -0.508 e. The van der Waals surface area contributed by atoms with Gasteiger partial charge in [0.2, 0.25) is 0 Å². The first-order valence-corrected chi connectivity index (χ1v) is 7.51. The summed E-state index contributed by atoms with van der Waals surface area (Å²) in [6.45, 7) is 5.57. The van der Waals surface area contributed by atoms with Crippen molar-refractivity contribution in [2.24, 2.45) is 0 Å². The van der Waals surface area contributed by atoms with Crippen LogP contribution in [0.2, 0.25) is 0 Å². The molecular formula is C17H21NO5. The second-order valence-corrected chi connectivity index (χ2v) is 6.60. The summed E-state index contributed by atoms with van der Waals surface area (Å²) in [5, 5.41) is 9.49. The lowest BCUT2D eigenvalue weighted by atomic mass is 10.1. The molecule has 1 unspecified atom stereocenters. The number of carbonyl (C=O) groups is 3. The van der Waals surface area contributed by atoms with E-state index in [2.05, 4.69) is 0 Å². The van der Waals surface area contributed by atoms with Gasteiger partial charge in [0.1, 0.15) is 17.6 Å². The maximum atomic E-state index is 12.4. The molecule has 0 saturated heterocycles. The number of amides is 1. The van der Waals surface area contributed by atoms with E-state index in [0.29, 0.717) is 17.4 Å². The summed E-state index contributed by atoms with van der Waals surface area (Å²) in [7, 11) is 0. The van der Waals surface area contributed by atoms with Crippen LogP contribution < -0.4 is 0 Å². The number of rotatable bonds is 5. The molecule has 1 aliphatic rings. The molecule has 1 aromatic rings. The van der Waals surface area contributed by atoms with Crippen molar-refractivity contribution in [3.05, 3.63) is 29.3 Å². The topological polar surface area (TPSA) is 83.9 Å². The Hall–Kier alpha value is -2.37. The van der Waals surface area contributed by atoms with Gasteiger partial charge in [-0.25, -0.2) is 0 Å². The van der Waals surface area contributed by atoms with E-state index in [1.54, 1.807) is 26.8 Å². The van der Waals surface area contributed by atoms with E-state index in [4.69, 9.17) is 4.74 Å². The minimum atomic E-state index is -0.690. The number of fused-ring (bicyclic) bond motifs is 1. The molecule has 6 heteroatoms. The van der Waals surface area contributed by atoms with Crippen molar-refractivity contribution < 1.29 is 24.2 Å². The van der Waals surface area contributed by atoms with E-state index in [1.807, 2.05) is 0 Å². The second-order valence-electron chi connectivity index (χ2n) is 6.60. The fraction of sp³-hybridized carbons (Fsp3) is 0.471. The predicted molar refractivity (Wildman–Crippen MR) is 82.9 cm³/mol. The van der Waals surface area contributed by atoms with Crippen molar-refractivity contribution in [2.45, 2.75) is 51.8 Å². The number of aldehydes is 1. The summed E-state index contributed by atoms with van der Waals surface area (Å²) in [4.78, 5) is 36.9. The highest BCUT2D eigenvalue weighted by Gasteiger charge is 2.33. The van der Waals surface area contributed by atoms with Crippen molar-refractivity contribution in [1.82, 2.24) is 4.90 Å². The number of carbonyl (C=O) groups excluding carboxylic acids is 3. The van der Waals surface area contributed by atoms with Gasteiger partial charge in [0.05, 0.1) is 6.04 Å². The molecule has 0 spiro atoms. The Labute approximate surface area is 135 Å². The maximum Gasteiger partial charge on any atom is 0.306 e. The van der Waals surface area contributed by atoms with Crippen LogP contribution in [0.25, 0.3) is 0 Å². The summed E-state index contributed by atoms with van der Waals surface area (Å²) in [5.41, 5.74) is 0.580. The fourth-order valence-electron chi connectivity index (χ4n) is 2.55. The van der Waals surface area contributed by atoms with Gasteiger partial charge in [-0.05, 0) is 51.0 Å². The smallest absolute Gasteiger partial charge is 0.306 e. The SMILES string of the molecule is CC(C)(C)OC(=O)CCC(C=O)N1Cc2cc(O)ccc2C1=O. The number of esters is 1. The normalized spacial score (nSPS) is 15.3. The quantitative estimate of drug-likeness (QED) is 0.663. The molecule has 0 saturated carbocycles. The summed E-state index contributed by atoms with van der Waals surface area (Å²) < 4.78 is 5.21. The van der Waals surface area contributed by atoms with Crippen LogP contribution >= 0.6 is 0 Å². The highest BCUT2D eigenvalue weighted by atomic mass is 16.6. The zero-order valence-corrected chi connectivity index (χ0v) is 13.5. The van der Waals surface area contributed by atoms with Crippen LogP contribution in [-0.4, -0.2) is 39.8 Å². The zero-order valence-electron chi connectivity index (χ0n) is 13.5. The number of benzene rings is 1. The highest BCUT2D eigenvalue weighted by molar-refractivity contribution is 5.99. The number of phenols is 1. The molecule has 6 nitrogen and oxygen atoms in total. The van der Waals surface area contributed by atoms with Crippen LogP contribution in [0.5, 0.6) is 5.75 Å². The third kappa shape index (κ3) is 4.09. The van der Waals surface area contributed by atoms with E-state index in [0.717, 1.165) is 0 Å². The molecule has 0 aliphatic carbocycles. The first-order valence-electron chi connectivity index (χ1n) is 7.51. The molecule has 124 valence electrons. The van der Waals surface area contributed by atoms with E-state index in [-0.39, 0.29) is 31.0 Å². The largest absolute Gasteiger partial charge is 0.508 e. The van der Waals surface area contributed by atoms with Crippen LogP contribution in [0.4, 0.5) is 0 Å². The van der Waals surface area contributed by atoms with Crippen LogP contribution in [0.15, 0.2) is 18.2 Å². The van der Waals surface area contributed by atoms with Gasteiger partial charge in [-0.2, -0.15) is 0 Å². The average Bonchev–Trinajstić information content (AvgIpc) is 2.74. The van der Waals surface area contributed by atoms with Crippen molar-refractivity contribution in [3.8, 4) is 5.75 Å². The first-order chi connectivity index (χ1) is 10.7. The Kier molecular flexibility index (Phi) is 4.73. The maximum absolute atomic E-state index is 12.4. The van der Waals surface area contributed by atoms with Crippen molar-refractivity contribution in [1.29, 1.82) is 0 Å². The molecule has 23 heavy (non-hydrogen) atoms. The summed E-state index contributed by atoms with van der Waals surface area (Å²) >= 11 is 0. The molecule has 1 heterocycles. The number of hydrogen-bond acceptors (Lipinski definition) is 5. The van der Waals surface area contributed by atoms with Crippen LogP contribution in [-0.2, 0) is 20.9 Å². The molecule has 1 aromatic carbocycles. The monoisotopic (exact) mass is 319 g/mol. The number of aromatic hydroxyl groups is 1. The molecule has 0 bridgehead atoms. The van der Waals surface area contributed by atoms with Crippen LogP contribution in [0.1, 0.15) is 49.5 Å². The van der Waals surface area contributed by atoms with Crippen molar-refractivity contribution in [2.75, 3.05) is 0 Å². The lowest BCUT2D eigenvalue weighted by molar-refractivity contribution is -0.155. The number of phenolic OH excluding ortho intramolecular Hbond substituents is 1. The van der Waals surface area contributed by atoms with Gasteiger partial charge in [-0.3, -0.25) is 9.59 Å². The van der Waals surface area contributed by atoms with E-state index < -0.39 is 17.6 Å². The van der Waals surface area contributed by atoms with E-state index in [9.17, 15) is 19.5 Å². The molecule has 0 fully saturated rings. The van der Waals surface area contributed by atoms with Gasteiger partial charge in [-0.15, -0.1) is 0 Å². The third-order valence-electron chi connectivity index (χ3n) is 3.54. The zero-order chi connectivity index (χ0) is 17.2. The number of nitrogens with zero attached hydrogens (tertiary/aromatic N) is 1. The second kappa shape index (κ2) is 6.40. The van der Waals surface area contributed by atoms with Gasteiger partial charge in [0.25, 0.3) is 5.91 Å². The van der Waals surface area contributed by atoms with Gasteiger partial charge in [0.15, 0.2) is 0 Å². The highest BCUT2D eigenvalue weighted by Crippen LogP contribution is 2.28. The molecule has 2 rings (SSSR count). The predicted octanol–water partition coefficient (Wildman–Crippen LogP) is 2.04. The molecule has 0 aromatic heterocycles. The van der Waals surface area contributed by atoms with Crippen molar-refractivity contribution >= 4 is 18.2 Å². The average molecular weight is 319 g/mol. The number of ether oxygens (including phenoxy) is 1. The Morgan fingerprint density at radius 2 is 2.13 bits per heavy atom. The van der Waals surface area contributed by atoms with Gasteiger partial charge >= 0.3 is 5.97 Å². The summed E-state index contributed by atoms with van der Waals surface area (Å²) in [6, 6.07) is 3.81. The van der Waals surface area contributed by atoms with Gasteiger partial charge in [0, 0.05) is 18.5 Å². The number of hydrogen-bond donors (Lipinski definition) is 1. The molecule has 1 atom stereocenters. The standard InChI is InChI=1S/C17H21NO5/c1-17(2,3)23-15(21)7-4-12(10-19)18-9-11-8-13(20)5-6-14(11)16(18)22/h5-6,8,10,12,20H,4,7,9H2,1-3H3. The van der Waals surface area contributed by atoms with Gasteiger partial charge < -0.3 is 19.5 Å². The summed E-state index contributed by atoms with van der Waals surface area (Å²) in [6.07, 6.45) is 0.949. The molecule has 1 amide bonds. The minimum absolute atomic E-state index is 0.0616. The molecule has 1 N–H and O–H groups in total. The Balaban J connectivity index is 2.01. The van der Waals surface area contributed by atoms with Crippen molar-refractivity contribution in [3.63, 3.8) is 0 Å².